The van der Waals surface area contributed by atoms with Crippen LogP contribution in [0.3, 0.4) is 0 Å². The first kappa shape index (κ1) is 13.9. The summed E-state index contributed by atoms with van der Waals surface area (Å²) < 4.78 is 25.9. The normalized spacial score (nSPS) is 29.2. The van der Waals surface area contributed by atoms with Gasteiger partial charge in [0.15, 0.2) is 11.8 Å². The number of ether oxygens (including phenoxy) is 1. The Balaban J connectivity index is 2.85. The molecule has 3 N–H and O–H groups in total. The van der Waals surface area contributed by atoms with Crippen molar-refractivity contribution in [3.63, 3.8) is 0 Å². The number of carbonyl (C=O) groups is 2. The van der Waals surface area contributed by atoms with E-state index in [-0.39, 0.29) is 5.75 Å². The van der Waals surface area contributed by atoms with Crippen molar-refractivity contribution in [2.75, 3.05) is 11.6 Å². The van der Waals surface area contributed by atoms with Gasteiger partial charge in [0.2, 0.25) is 22.0 Å². The summed E-state index contributed by atoms with van der Waals surface area (Å²) >= 11 is 0. The monoisotopic (exact) mass is 265 g/mol. The average Bonchev–Trinajstić information content (AvgIpc) is 2.38. The highest BCUT2D eigenvalue weighted by Crippen LogP contribution is 2.22. The molecule has 2 amide bonds. The third-order valence-electron chi connectivity index (χ3n) is 2.09. The van der Waals surface area contributed by atoms with Gasteiger partial charge in [-0.15, -0.1) is 0 Å². The van der Waals surface area contributed by atoms with E-state index in [2.05, 4.69) is 0 Å². The first-order chi connectivity index (χ1) is 7.52. The van der Waals surface area contributed by atoms with Crippen molar-refractivity contribution < 1.29 is 23.1 Å². The molecular formula is C9H17N2O5S+. The fourth-order valence-electron chi connectivity index (χ4n) is 1.43. The molecule has 0 radical (unpaired) electrons. The summed E-state index contributed by atoms with van der Waals surface area (Å²) in [5, 5.41) is 0. The molecule has 1 aliphatic heterocycles. The van der Waals surface area contributed by atoms with Crippen LogP contribution in [0.1, 0.15) is 20.8 Å². The largest absolute Gasteiger partial charge is 0.444 e. The lowest BCUT2D eigenvalue weighted by atomic mass is 10.2. The van der Waals surface area contributed by atoms with Gasteiger partial charge in [0, 0.05) is 0 Å². The summed E-state index contributed by atoms with van der Waals surface area (Å²) in [6.07, 6.45) is -0.805. The summed E-state index contributed by atoms with van der Waals surface area (Å²) in [4.78, 5) is 23.7. The summed E-state index contributed by atoms with van der Waals surface area (Å²) in [6.45, 7) is 4.99. The highest BCUT2D eigenvalue weighted by atomic mass is 32.3. The maximum Gasteiger partial charge on any atom is 0.414 e. The van der Waals surface area contributed by atoms with Gasteiger partial charge in [-0.05, 0) is 20.8 Å². The van der Waals surface area contributed by atoms with Crippen molar-refractivity contribution in [3.8, 4) is 0 Å². The maximum absolute atomic E-state index is 11.7. The summed E-state index contributed by atoms with van der Waals surface area (Å²) in [6, 6.07) is -1.08. The van der Waals surface area contributed by atoms with Crippen molar-refractivity contribution >= 4 is 22.2 Å². The Morgan fingerprint density at radius 1 is 1.47 bits per heavy atom. The standard InChI is InChI=1S/C9H16N2O5S/c1-9(2,3)16-8(13)11-5-17(14,15)4-6(11)7(10)12/h6H,4-5H2,1-3H3,(H2-,10,12,14,15)/p+1. The van der Waals surface area contributed by atoms with E-state index in [1.54, 1.807) is 20.8 Å². The second-order valence-corrected chi connectivity index (χ2v) is 7.07. The summed E-state index contributed by atoms with van der Waals surface area (Å²) in [7, 11) is -3.22. The second kappa shape index (κ2) is 4.26. The minimum absolute atomic E-state index is 0.332. The molecule has 0 spiro atoms. The Hall–Kier alpha value is -1.15. The van der Waals surface area contributed by atoms with E-state index in [1.807, 2.05) is 0 Å². The Bertz CT molecular complexity index is 389. The van der Waals surface area contributed by atoms with Crippen molar-refractivity contribution in [2.45, 2.75) is 32.4 Å². The van der Waals surface area contributed by atoms with Gasteiger partial charge in [-0.3, -0.25) is 4.79 Å². The minimum Gasteiger partial charge on any atom is -0.444 e. The predicted molar refractivity (Wildman–Crippen MR) is 61.5 cm³/mol. The van der Waals surface area contributed by atoms with Gasteiger partial charge in [-0.1, -0.05) is 4.21 Å². The molecule has 0 aromatic carbocycles. The SMILES string of the molecule is CC(C)(C)OC(=O)N1C[S+](=O)(O)CC1C(N)=O. The topological polar surface area (TPSA) is 110 Å². The minimum atomic E-state index is -3.22. The van der Waals surface area contributed by atoms with Gasteiger partial charge in [0.05, 0.1) is 0 Å². The molecule has 0 aromatic heterocycles. The lowest BCUT2D eigenvalue weighted by molar-refractivity contribution is -0.121. The fourth-order valence-corrected chi connectivity index (χ4v) is 3.10. The van der Waals surface area contributed by atoms with Gasteiger partial charge < -0.3 is 10.5 Å². The van der Waals surface area contributed by atoms with Crippen LogP contribution in [-0.4, -0.2) is 44.7 Å². The van der Waals surface area contributed by atoms with Crippen LogP contribution < -0.4 is 5.73 Å². The van der Waals surface area contributed by atoms with Crippen LogP contribution in [0.25, 0.3) is 0 Å². The summed E-state index contributed by atoms with van der Waals surface area (Å²) in [5.74, 6) is -1.56. The average molecular weight is 265 g/mol. The molecule has 2 atom stereocenters. The second-order valence-electron chi connectivity index (χ2n) is 4.94. The van der Waals surface area contributed by atoms with E-state index in [9.17, 15) is 18.4 Å². The van der Waals surface area contributed by atoms with Crippen molar-refractivity contribution in [3.05, 3.63) is 0 Å². The van der Waals surface area contributed by atoms with E-state index in [0.717, 1.165) is 4.90 Å². The maximum atomic E-state index is 11.7. The number of nitrogens with zero attached hydrogens (tertiary/aromatic N) is 1. The molecule has 17 heavy (non-hydrogen) atoms. The zero-order valence-electron chi connectivity index (χ0n) is 10.0. The molecule has 7 nitrogen and oxygen atoms in total. The molecule has 0 saturated carbocycles. The van der Waals surface area contributed by atoms with Gasteiger partial charge in [0.25, 0.3) is 0 Å². The quantitative estimate of drug-likeness (QED) is 0.649. The molecule has 2 unspecified atom stereocenters. The molecule has 0 aromatic rings. The lowest BCUT2D eigenvalue weighted by Gasteiger charge is -2.24. The number of carbonyl (C=O) groups excluding carboxylic acids is 2. The zero-order chi connectivity index (χ0) is 13.4. The van der Waals surface area contributed by atoms with Crippen molar-refractivity contribution in [1.29, 1.82) is 0 Å². The highest BCUT2D eigenvalue weighted by molar-refractivity contribution is 7.98. The third kappa shape index (κ3) is 3.67. The molecule has 0 aliphatic carbocycles. The van der Waals surface area contributed by atoms with Crippen LogP contribution in [0.4, 0.5) is 4.79 Å². The Morgan fingerprint density at radius 3 is 2.41 bits per heavy atom. The Kier molecular flexibility index (Phi) is 3.49. The van der Waals surface area contributed by atoms with Gasteiger partial charge >= 0.3 is 6.09 Å². The van der Waals surface area contributed by atoms with Gasteiger partial charge in [0.1, 0.15) is 5.60 Å². The highest BCUT2D eigenvalue weighted by Gasteiger charge is 2.51. The first-order valence-electron chi connectivity index (χ1n) is 5.03. The fraction of sp³-hybridized carbons (Fsp3) is 0.778. The van der Waals surface area contributed by atoms with Crippen LogP contribution in [0.5, 0.6) is 0 Å². The molecule has 1 saturated heterocycles. The van der Waals surface area contributed by atoms with Crippen molar-refractivity contribution in [1.82, 2.24) is 4.90 Å². The molecular weight excluding hydrogens is 248 g/mol. The zero-order valence-corrected chi connectivity index (χ0v) is 10.8. The molecule has 1 aliphatic rings. The van der Waals surface area contributed by atoms with Crippen LogP contribution >= 0.6 is 0 Å². The number of nitrogens with two attached hydrogens (primary N) is 1. The van der Waals surface area contributed by atoms with Crippen molar-refractivity contribution in [2.24, 2.45) is 5.73 Å². The van der Waals surface area contributed by atoms with Gasteiger partial charge in [-0.2, -0.15) is 4.55 Å². The van der Waals surface area contributed by atoms with E-state index in [1.165, 1.54) is 0 Å². The van der Waals surface area contributed by atoms with E-state index in [0.29, 0.717) is 0 Å². The van der Waals surface area contributed by atoms with E-state index >= 15 is 0 Å². The number of amides is 2. The number of hydrogen-bond donors (Lipinski definition) is 2. The Labute approximate surface area is 101 Å². The van der Waals surface area contributed by atoms with E-state index in [4.69, 9.17) is 10.5 Å². The molecule has 1 fully saturated rings. The van der Waals surface area contributed by atoms with Crippen LogP contribution in [-0.2, 0) is 24.0 Å². The number of hydrogen-bond acceptors (Lipinski definition) is 4. The molecule has 1 rings (SSSR count). The molecule has 1 heterocycles. The lowest BCUT2D eigenvalue weighted by Crippen LogP contribution is -2.46. The Morgan fingerprint density at radius 2 is 2.00 bits per heavy atom. The first-order valence-corrected chi connectivity index (χ1v) is 6.88. The smallest absolute Gasteiger partial charge is 0.414 e. The number of primary amides is 1. The van der Waals surface area contributed by atoms with Crippen LogP contribution in [0, 0.1) is 0 Å². The van der Waals surface area contributed by atoms with E-state index < -0.39 is 39.7 Å². The van der Waals surface area contributed by atoms with Crippen LogP contribution in [0.2, 0.25) is 0 Å². The summed E-state index contributed by atoms with van der Waals surface area (Å²) in [5.41, 5.74) is 4.35. The molecule has 0 bridgehead atoms. The van der Waals surface area contributed by atoms with Crippen LogP contribution in [0.15, 0.2) is 0 Å². The molecule has 8 heteroatoms. The number of rotatable bonds is 1. The molecule has 98 valence electrons. The third-order valence-corrected chi connectivity index (χ3v) is 3.61. The van der Waals surface area contributed by atoms with Gasteiger partial charge in [-0.25, -0.2) is 9.69 Å². The predicted octanol–water partition coefficient (Wildman–Crippen LogP) is 0.0210.